The molecule has 0 spiro atoms. The number of nitrogens with one attached hydrogen (secondary N) is 1. The molecule has 0 saturated carbocycles. The third-order valence-corrected chi connectivity index (χ3v) is 3.36. The number of hydrogen-bond acceptors (Lipinski definition) is 6. The first-order chi connectivity index (χ1) is 8.35. The Balaban J connectivity index is 2.57. The van der Waals surface area contributed by atoms with E-state index in [2.05, 4.69) is 14.6 Å². The lowest BCUT2D eigenvalue weighted by atomic mass is 10.3. The van der Waals surface area contributed by atoms with Crippen molar-refractivity contribution in [2.24, 2.45) is 7.05 Å². The Morgan fingerprint density at radius 2 is 2.28 bits per heavy atom. The quantitative estimate of drug-likeness (QED) is 0.643. The Morgan fingerprint density at radius 3 is 2.78 bits per heavy atom. The van der Waals surface area contributed by atoms with Gasteiger partial charge in [0.2, 0.25) is 10.0 Å². The molecule has 0 saturated heterocycles. The summed E-state index contributed by atoms with van der Waals surface area (Å²) in [7, 11) is -2.08. The summed E-state index contributed by atoms with van der Waals surface area (Å²) in [5.41, 5.74) is 6.20. The molecule has 0 aliphatic carbocycles. The van der Waals surface area contributed by atoms with Crippen molar-refractivity contribution in [3.05, 3.63) is 11.8 Å². The summed E-state index contributed by atoms with van der Waals surface area (Å²) in [5, 5.41) is 3.87. The number of ether oxygens (including phenoxy) is 1. The zero-order valence-corrected chi connectivity index (χ0v) is 11.0. The minimum atomic E-state index is -3.73. The molecule has 0 amide bonds. The first-order valence-corrected chi connectivity index (χ1v) is 6.90. The summed E-state index contributed by atoms with van der Waals surface area (Å²) in [6, 6.07) is 0. The highest BCUT2D eigenvalue weighted by Gasteiger charge is 2.17. The second-order valence-corrected chi connectivity index (χ2v) is 5.37. The van der Waals surface area contributed by atoms with Gasteiger partial charge in [-0.2, -0.15) is 5.10 Å². The van der Waals surface area contributed by atoms with Gasteiger partial charge in [-0.15, -0.1) is 0 Å². The lowest BCUT2D eigenvalue weighted by Crippen LogP contribution is -2.30. The molecule has 0 aliphatic heterocycles. The molecule has 9 heteroatoms. The van der Waals surface area contributed by atoms with Gasteiger partial charge in [0.25, 0.3) is 0 Å². The molecule has 0 fully saturated rings. The van der Waals surface area contributed by atoms with Crippen molar-refractivity contribution in [3.63, 3.8) is 0 Å². The highest BCUT2D eigenvalue weighted by atomic mass is 32.2. The second kappa shape index (κ2) is 5.83. The molecule has 1 aromatic heterocycles. The predicted molar refractivity (Wildman–Crippen MR) is 64.9 cm³/mol. The average molecular weight is 276 g/mol. The van der Waals surface area contributed by atoms with Crippen LogP contribution in [0.5, 0.6) is 0 Å². The maximum absolute atomic E-state index is 11.5. The fourth-order valence-corrected chi connectivity index (χ4v) is 2.10. The largest absolute Gasteiger partial charge is 0.465 e. The van der Waals surface area contributed by atoms with Crippen LogP contribution in [0.1, 0.15) is 12.5 Å². The Hall–Kier alpha value is -1.61. The summed E-state index contributed by atoms with van der Waals surface area (Å²) < 4.78 is 31.3. The molecule has 1 heterocycles. The summed E-state index contributed by atoms with van der Waals surface area (Å²) in [4.78, 5) is 11.1. The number of hydrogen-bond donors (Lipinski definition) is 2. The van der Waals surface area contributed by atoms with Crippen LogP contribution in [0.2, 0.25) is 0 Å². The van der Waals surface area contributed by atoms with Gasteiger partial charge < -0.3 is 10.5 Å². The number of rotatable bonds is 6. The summed E-state index contributed by atoms with van der Waals surface area (Å²) in [6.45, 7) is 1.74. The Kier molecular flexibility index (Phi) is 4.68. The van der Waals surface area contributed by atoms with E-state index in [1.54, 1.807) is 14.0 Å². The number of carbonyl (C=O) groups excluding carboxylic acids is 1. The van der Waals surface area contributed by atoms with E-state index < -0.39 is 21.7 Å². The van der Waals surface area contributed by atoms with Crippen molar-refractivity contribution >= 4 is 21.8 Å². The third kappa shape index (κ3) is 4.00. The van der Waals surface area contributed by atoms with Gasteiger partial charge in [-0.3, -0.25) is 9.48 Å². The highest BCUT2D eigenvalue weighted by Crippen LogP contribution is 2.08. The number of aromatic nitrogens is 2. The molecule has 102 valence electrons. The van der Waals surface area contributed by atoms with E-state index >= 15 is 0 Å². The van der Waals surface area contributed by atoms with Gasteiger partial charge in [-0.1, -0.05) is 0 Å². The molecule has 1 aromatic rings. The summed E-state index contributed by atoms with van der Waals surface area (Å²) >= 11 is 0. The predicted octanol–water partition coefficient (Wildman–Crippen LogP) is -1.02. The smallest absolute Gasteiger partial charge is 0.322 e. The summed E-state index contributed by atoms with van der Waals surface area (Å²) in [5.74, 6) is -1.13. The molecule has 3 N–H and O–H groups in total. The molecular weight excluding hydrogens is 260 g/mol. The molecule has 0 aliphatic rings. The molecule has 0 atom stereocenters. The summed E-state index contributed by atoms with van der Waals surface area (Å²) in [6.07, 6.45) is 1.46. The molecule has 1 rings (SSSR count). The van der Waals surface area contributed by atoms with Crippen LogP contribution in [0.4, 0.5) is 5.82 Å². The normalized spacial score (nSPS) is 11.4. The van der Waals surface area contributed by atoms with E-state index in [0.717, 1.165) is 0 Å². The SMILES string of the molecule is CCOC(=O)CS(=O)(=O)NCc1cnn(C)c1N. The van der Waals surface area contributed by atoms with Crippen molar-refractivity contribution in [2.75, 3.05) is 18.1 Å². The van der Waals surface area contributed by atoms with Crippen LogP contribution in [0, 0.1) is 0 Å². The highest BCUT2D eigenvalue weighted by molar-refractivity contribution is 7.90. The Morgan fingerprint density at radius 1 is 1.61 bits per heavy atom. The van der Waals surface area contributed by atoms with Crippen LogP contribution in [0.3, 0.4) is 0 Å². The van der Waals surface area contributed by atoms with Gasteiger partial charge in [0.15, 0.2) is 5.75 Å². The lowest BCUT2D eigenvalue weighted by Gasteiger charge is -2.06. The van der Waals surface area contributed by atoms with Crippen molar-refractivity contribution in [1.29, 1.82) is 0 Å². The van der Waals surface area contributed by atoms with E-state index in [9.17, 15) is 13.2 Å². The van der Waals surface area contributed by atoms with Gasteiger partial charge in [0.05, 0.1) is 12.8 Å². The van der Waals surface area contributed by atoms with E-state index in [4.69, 9.17) is 5.73 Å². The van der Waals surface area contributed by atoms with Gasteiger partial charge in [-0.25, -0.2) is 13.1 Å². The van der Waals surface area contributed by atoms with E-state index in [1.165, 1.54) is 10.9 Å². The number of nitrogens with two attached hydrogens (primary N) is 1. The molecule has 0 radical (unpaired) electrons. The number of nitrogen functional groups attached to an aromatic ring is 1. The number of sulfonamides is 1. The first-order valence-electron chi connectivity index (χ1n) is 5.25. The fraction of sp³-hybridized carbons (Fsp3) is 0.556. The maximum Gasteiger partial charge on any atom is 0.322 e. The monoisotopic (exact) mass is 276 g/mol. The van der Waals surface area contributed by atoms with Crippen LogP contribution in [0.15, 0.2) is 6.20 Å². The molecule has 0 bridgehead atoms. The number of esters is 1. The van der Waals surface area contributed by atoms with Crippen LogP contribution < -0.4 is 10.5 Å². The van der Waals surface area contributed by atoms with Crippen LogP contribution in [0.25, 0.3) is 0 Å². The average Bonchev–Trinajstić information content (AvgIpc) is 2.57. The number of nitrogens with zero attached hydrogens (tertiary/aromatic N) is 2. The van der Waals surface area contributed by atoms with E-state index in [1.807, 2.05) is 0 Å². The number of anilines is 1. The van der Waals surface area contributed by atoms with Crippen molar-refractivity contribution < 1.29 is 17.9 Å². The van der Waals surface area contributed by atoms with Crippen LogP contribution in [-0.4, -0.2) is 36.5 Å². The van der Waals surface area contributed by atoms with Crippen LogP contribution in [-0.2, 0) is 33.1 Å². The lowest BCUT2D eigenvalue weighted by molar-refractivity contribution is -0.139. The molecule has 0 unspecified atom stereocenters. The number of carbonyl (C=O) groups is 1. The molecule has 0 aromatic carbocycles. The van der Waals surface area contributed by atoms with Crippen LogP contribution >= 0.6 is 0 Å². The maximum atomic E-state index is 11.5. The fourth-order valence-electron chi connectivity index (χ4n) is 1.23. The third-order valence-electron chi connectivity index (χ3n) is 2.16. The van der Waals surface area contributed by atoms with Gasteiger partial charge in [0.1, 0.15) is 5.82 Å². The van der Waals surface area contributed by atoms with E-state index in [-0.39, 0.29) is 13.2 Å². The zero-order chi connectivity index (χ0) is 13.8. The molecule has 18 heavy (non-hydrogen) atoms. The zero-order valence-electron chi connectivity index (χ0n) is 10.2. The van der Waals surface area contributed by atoms with Crippen molar-refractivity contribution in [1.82, 2.24) is 14.5 Å². The van der Waals surface area contributed by atoms with Crippen molar-refractivity contribution in [2.45, 2.75) is 13.5 Å². The topological polar surface area (TPSA) is 116 Å². The Bertz CT molecular complexity index is 523. The molecule has 8 nitrogen and oxygen atoms in total. The first kappa shape index (κ1) is 14.5. The molecular formula is C9H16N4O4S. The van der Waals surface area contributed by atoms with Gasteiger partial charge in [0, 0.05) is 19.2 Å². The van der Waals surface area contributed by atoms with E-state index in [0.29, 0.717) is 11.4 Å². The minimum absolute atomic E-state index is 0.0125. The van der Waals surface area contributed by atoms with Gasteiger partial charge in [-0.05, 0) is 6.92 Å². The van der Waals surface area contributed by atoms with Crippen molar-refractivity contribution in [3.8, 4) is 0 Å². The standard InChI is InChI=1S/C9H16N4O4S/c1-3-17-8(14)6-18(15,16)12-5-7-4-11-13(2)9(7)10/h4,12H,3,5-6,10H2,1-2H3. The number of aryl methyl sites for hydroxylation is 1. The second-order valence-electron chi connectivity index (χ2n) is 3.56. The minimum Gasteiger partial charge on any atom is -0.465 e. The Labute approximate surface area is 105 Å². The van der Waals surface area contributed by atoms with Gasteiger partial charge >= 0.3 is 5.97 Å².